The molecule has 224 valence electrons. The molecule has 2 atom stereocenters. The summed E-state index contributed by atoms with van der Waals surface area (Å²) in [5.74, 6) is -2.57. The zero-order valence-electron chi connectivity index (χ0n) is 24.7. The number of carbonyl (C=O) groups excluding carboxylic acids is 5. The van der Waals surface area contributed by atoms with E-state index < -0.39 is 29.8 Å². The molecular formula is C28H46O11. The third-order valence-corrected chi connectivity index (χ3v) is 3.87. The van der Waals surface area contributed by atoms with Crippen molar-refractivity contribution in [3.8, 4) is 0 Å². The van der Waals surface area contributed by atoms with Gasteiger partial charge in [0.15, 0.2) is 0 Å². The second-order valence-corrected chi connectivity index (χ2v) is 8.59. The van der Waals surface area contributed by atoms with E-state index in [2.05, 4.69) is 11.3 Å². The Hall–Kier alpha value is -3.47. The molecule has 39 heavy (non-hydrogen) atoms. The lowest BCUT2D eigenvalue weighted by Crippen LogP contribution is -2.14. The van der Waals surface area contributed by atoms with Gasteiger partial charge in [-0.3, -0.25) is 0 Å². The minimum atomic E-state index is -0.541. The normalized spacial score (nSPS) is 11.9. The summed E-state index contributed by atoms with van der Waals surface area (Å²) < 4.78 is 23.9. The van der Waals surface area contributed by atoms with Crippen LogP contribution in [0, 0.1) is 0 Å². The molecule has 11 heteroatoms. The topological polar surface area (TPSA) is 152 Å². The van der Waals surface area contributed by atoms with Crippen molar-refractivity contribution in [2.24, 2.45) is 0 Å². The Morgan fingerprint density at radius 3 is 1.21 bits per heavy atom. The van der Waals surface area contributed by atoms with Crippen molar-refractivity contribution in [1.29, 1.82) is 0 Å². The van der Waals surface area contributed by atoms with Crippen LogP contribution < -0.4 is 0 Å². The SMILES string of the molecule is C=C(C)C(=O)OCCO.CC(C)OC(=O)/C=C/C(=O)OC(C)C.CCC(C)OC(=O)/C=C/C(=O)OC(C)CC. The summed E-state index contributed by atoms with van der Waals surface area (Å²) in [6.07, 6.45) is 5.16. The molecule has 2 unspecified atom stereocenters. The van der Waals surface area contributed by atoms with Crippen molar-refractivity contribution in [1.82, 2.24) is 0 Å². The second-order valence-electron chi connectivity index (χ2n) is 8.59. The molecule has 0 amide bonds. The number of aliphatic hydroxyl groups excluding tert-OH is 1. The molecule has 0 heterocycles. The number of aliphatic hydroxyl groups is 1. The lowest BCUT2D eigenvalue weighted by atomic mass is 10.3. The molecule has 0 aromatic heterocycles. The van der Waals surface area contributed by atoms with Crippen LogP contribution >= 0.6 is 0 Å². The summed E-state index contributed by atoms with van der Waals surface area (Å²) in [6.45, 7) is 19.2. The lowest BCUT2D eigenvalue weighted by Gasteiger charge is -2.09. The van der Waals surface area contributed by atoms with Crippen molar-refractivity contribution in [2.75, 3.05) is 13.2 Å². The van der Waals surface area contributed by atoms with E-state index in [1.54, 1.807) is 48.5 Å². The summed E-state index contributed by atoms with van der Waals surface area (Å²) in [4.78, 5) is 54.6. The monoisotopic (exact) mass is 558 g/mol. The predicted octanol–water partition coefficient (Wildman–Crippen LogP) is 3.77. The van der Waals surface area contributed by atoms with E-state index in [0.717, 1.165) is 37.1 Å². The number of ether oxygens (including phenoxy) is 5. The molecule has 0 aliphatic heterocycles. The predicted molar refractivity (Wildman–Crippen MR) is 145 cm³/mol. The van der Waals surface area contributed by atoms with Gasteiger partial charge < -0.3 is 28.8 Å². The fourth-order valence-corrected chi connectivity index (χ4v) is 1.72. The number of rotatable bonds is 13. The van der Waals surface area contributed by atoms with E-state index in [0.29, 0.717) is 5.57 Å². The van der Waals surface area contributed by atoms with Crippen LogP contribution in [0.1, 0.15) is 75.2 Å². The minimum Gasteiger partial charge on any atom is -0.460 e. The average Bonchev–Trinajstić information content (AvgIpc) is 2.84. The summed E-state index contributed by atoms with van der Waals surface area (Å²) in [7, 11) is 0. The van der Waals surface area contributed by atoms with E-state index >= 15 is 0 Å². The van der Waals surface area contributed by atoms with Crippen LogP contribution in [0.2, 0.25) is 0 Å². The van der Waals surface area contributed by atoms with Gasteiger partial charge >= 0.3 is 29.8 Å². The standard InChI is InChI=1S/C12H20O4.C10H16O4.C6H10O3/c1-5-9(3)15-11(13)7-8-12(14)16-10(4)6-2;1-7(2)13-9(11)5-6-10(12)14-8(3)4;1-5(2)6(8)9-4-3-7/h7-10H,5-6H2,1-4H3;5-8H,1-4H3;7H,1,3-4H2,2H3/b8-7+;6-5+;. The maximum Gasteiger partial charge on any atom is 0.333 e. The molecule has 0 radical (unpaired) electrons. The molecule has 0 aromatic rings. The highest BCUT2D eigenvalue weighted by Gasteiger charge is 2.07. The first-order valence-corrected chi connectivity index (χ1v) is 12.7. The van der Waals surface area contributed by atoms with Crippen LogP contribution in [0.25, 0.3) is 0 Å². The number of hydrogen-bond donors (Lipinski definition) is 1. The van der Waals surface area contributed by atoms with Crippen LogP contribution in [-0.2, 0) is 47.7 Å². The second kappa shape index (κ2) is 24.8. The molecule has 0 bridgehead atoms. The van der Waals surface area contributed by atoms with Crippen molar-refractivity contribution in [2.45, 2.75) is 99.6 Å². The van der Waals surface area contributed by atoms with Crippen LogP contribution in [0.5, 0.6) is 0 Å². The van der Waals surface area contributed by atoms with Gasteiger partial charge in [0.05, 0.1) is 31.0 Å². The van der Waals surface area contributed by atoms with Crippen molar-refractivity contribution in [3.05, 3.63) is 36.5 Å². The first kappa shape index (κ1) is 40.0. The molecule has 11 nitrogen and oxygen atoms in total. The summed E-state index contributed by atoms with van der Waals surface area (Å²) in [5.41, 5.74) is 0.350. The smallest absolute Gasteiger partial charge is 0.333 e. The van der Waals surface area contributed by atoms with Gasteiger partial charge in [-0.15, -0.1) is 0 Å². The van der Waals surface area contributed by atoms with Crippen LogP contribution in [0.4, 0.5) is 0 Å². The molecule has 0 fully saturated rings. The maximum atomic E-state index is 11.2. The van der Waals surface area contributed by atoms with Crippen molar-refractivity contribution in [3.63, 3.8) is 0 Å². The summed E-state index contributed by atoms with van der Waals surface area (Å²) in [6, 6.07) is 0. The Bertz CT molecular complexity index is 760. The molecule has 0 saturated heterocycles. The lowest BCUT2D eigenvalue weighted by molar-refractivity contribution is -0.145. The van der Waals surface area contributed by atoms with Gasteiger partial charge in [0.2, 0.25) is 0 Å². The molecule has 0 aromatic carbocycles. The van der Waals surface area contributed by atoms with Gasteiger partial charge in [-0.2, -0.15) is 0 Å². The van der Waals surface area contributed by atoms with Gasteiger partial charge in [0.1, 0.15) is 6.61 Å². The third-order valence-electron chi connectivity index (χ3n) is 3.87. The van der Waals surface area contributed by atoms with E-state index in [-0.39, 0.29) is 37.6 Å². The first-order chi connectivity index (χ1) is 18.1. The fourth-order valence-electron chi connectivity index (χ4n) is 1.72. The zero-order chi connectivity index (χ0) is 31.0. The first-order valence-electron chi connectivity index (χ1n) is 12.7. The number of carbonyl (C=O) groups is 5. The van der Waals surface area contributed by atoms with Crippen molar-refractivity contribution >= 4 is 29.8 Å². The third kappa shape index (κ3) is 30.6. The highest BCUT2D eigenvalue weighted by molar-refractivity contribution is 5.92. The molecular weight excluding hydrogens is 512 g/mol. The Labute approximate surface area is 232 Å². The largest absolute Gasteiger partial charge is 0.460 e. The molecule has 1 N–H and O–H groups in total. The molecule has 0 saturated carbocycles. The van der Waals surface area contributed by atoms with Gasteiger partial charge in [-0.1, -0.05) is 20.4 Å². The number of hydrogen-bond acceptors (Lipinski definition) is 11. The summed E-state index contributed by atoms with van der Waals surface area (Å²) in [5, 5.41) is 8.19. The molecule has 0 rings (SSSR count). The Morgan fingerprint density at radius 1 is 0.667 bits per heavy atom. The van der Waals surface area contributed by atoms with Gasteiger partial charge in [-0.05, 0) is 61.3 Å². The van der Waals surface area contributed by atoms with Crippen LogP contribution in [0.3, 0.4) is 0 Å². The van der Waals surface area contributed by atoms with Crippen LogP contribution in [0.15, 0.2) is 36.5 Å². The van der Waals surface area contributed by atoms with E-state index in [4.69, 9.17) is 24.1 Å². The molecule has 0 aliphatic carbocycles. The highest BCUT2D eigenvalue weighted by Crippen LogP contribution is 1.99. The Kier molecular flexibility index (Phi) is 25.5. The van der Waals surface area contributed by atoms with Gasteiger partial charge in [0.25, 0.3) is 0 Å². The van der Waals surface area contributed by atoms with Gasteiger partial charge in [0, 0.05) is 29.9 Å². The fraction of sp³-hybridized carbons (Fsp3) is 0.607. The molecule has 0 aliphatic rings. The summed E-state index contributed by atoms with van der Waals surface area (Å²) >= 11 is 0. The highest BCUT2D eigenvalue weighted by atomic mass is 16.6. The van der Waals surface area contributed by atoms with E-state index in [1.807, 2.05) is 13.8 Å². The Morgan fingerprint density at radius 2 is 0.974 bits per heavy atom. The molecule has 0 spiro atoms. The number of esters is 5. The van der Waals surface area contributed by atoms with Crippen molar-refractivity contribution < 1.29 is 52.8 Å². The zero-order valence-corrected chi connectivity index (χ0v) is 24.7. The van der Waals surface area contributed by atoms with Gasteiger partial charge in [-0.25, -0.2) is 24.0 Å². The van der Waals surface area contributed by atoms with E-state index in [9.17, 15) is 24.0 Å². The quantitative estimate of drug-likeness (QED) is 0.200. The Balaban J connectivity index is -0.000000518. The average molecular weight is 559 g/mol. The maximum absolute atomic E-state index is 11.2. The minimum absolute atomic E-state index is 0.0473. The van der Waals surface area contributed by atoms with E-state index in [1.165, 1.54) is 0 Å². The van der Waals surface area contributed by atoms with Crippen LogP contribution in [-0.4, -0.2) is 72.6 Å².